The van der Waals surface area contributed by atoms with E-state index in [9.17, 15) is 9.59 Å². The van der Waals surface area contributed by atoms with Crippen molar-refractivity contribution < 1.29 is 19.1 Å². The summed E-state index contributed by atoms with van der Waals surface area (Å²) in [5, 5.41) is 0. The Kier molecular flexibility index (Phi) is 3.23. The second-order valence-corrected chi connectivity index (χ2v) is 4.12. The van der Waals surface area contributed by atoms with E-state index < -0.39 is 5.92 Å². The van der Waals surface area contributed by atoms with Crippen LogP contribution in [-0.2, 0) is 9.59 Å². The van der Waals surface area contributed by atoms with Gasteiger partial charge in [0.15, 0.2) is 0 Å². The largest absolute Gasteiger partial charge is 0.496 e. The van der Waals surface area contributed by atoms with Gasteiger partial charge in [0.05, 0.1) is 20.1 Å². The molecule has 5 nitrogen and oxygen atoms in total. The van der Waals surface area contributed by atoms with Gasteiger partial charge < -0.3 is 9.47 Å². The van der Waals surface area contributed by atoms with Crippen LogP contribution in [0.1, 0.15) is 17.9 Å². The summed E-state index contributed by atoms with van der Waals surface area (Å²) < 4.78 is 10.5. The first-order chi connectivity index (χ1) is 8.60. The third-order valence-electron chi connectivity index (χ3n) is 3.20. The van der Waals surface area contributed by atoms with Crippen molar-refractivity contribution in [3.05, 3.63) is 23.8 Å². The number of methoxy groups -OCH3 is 2. The zero-order valence-corrected chi connectivity index (χ0v) is 10.6. The molecule has 1 saturated heterocycles. The Balaban J connectivity index is 2.50. The molecule has 0 saturated carbocycles. The molecule has 0 N–H and O–H groups in total. The fourth-order valence-corrected chi connectivity index (χ4v) is 2.20. The molecule has 1 unspecified atom stereocenters. The van der Waals surface area contributed by atoms with Crippen LogP contribution in [0.5, 0.6) is 11.5 Å². The van der Waals surface area contributed by atoms with Crippen LogP contribution in [0.25, 0.3) is 0 Å². The maximum atomic E-state index is 12.0. The number of benzene rings is 1. The van der Waals surface area contributed by atoms with Crippen molar-refractivity contribution in [2.24, 2.45) is 0 Å². The highest BCUT2D eigenvalue weighted by Gasteiger charge is 2.40. The second kappa shape index (κ2) is 4.68. The lowest BCUT2D eigenvalue weighted by atomic mass is 9.95. The maximum Gasteiger partial charge on any atom is 0.237 e. The van der Waals surface area contributed by atoms with Crippen LogP contribution < -0.4 is 9.47 Å². The highest BCUT2D eigenvalue weighted by molar-refractivity contribution is 6.06. The Hall–Kier alpha value is -2.04. The number of likely N-dealkylation sites (tertiary alicyclic amines) is 1. The first-order valence-corrected chi connectivity index (χ1v) is 5.61. The molecule has 1 aliphatic rings. The standard InChI is InChI=1S/C13H15NO4/c1-14-11(15)7-8(13(14)16)12-9(17-2)5-4-6-10(12)18-3/h4-6,8H,7H2,1-3H3. The molecular formula is C13H15NO4. The number of imide groups is 1. The molecule has 2 rings (SSSR count). The summed E-state index contributed by atoms with van der Waals surface area (Å²) in [7, 11) is 4.55. The van der Waals surface area contributed by atoms with Gasteiger partial charge in [0.25, 0.3) is 0 Å². The van der Waals surface area contributed by atoms with Crippen molar-refractivity contribution in [3.8, 4) is 11.5 Å². The summed E-state index contributed by atoms with van der Waals surface area (Å²) in [5.41, 5.74) is 0.644. The molecular weight excluding hydrogens is 234 g/mol. The number of hydrogen-bond acceptors (Lipinski definition) is 4. The van der Waals surface area contributed by atoms with Crippen molar-refractivity contribution in [1.29, 1.82) is 0 Å². The molecule has 1 heterocycles. The van der Waals surface area contributed by atoms with E-state index in [0.717, 1.165) is 4.90 Å². The molecule has 96 valence electrons. The molecule has 0 radical (unpaired) electrons. The monoisotopic (exact) mass is 249 g/mol. The van der Waals surface area contributed by atoms with Crippen LogP contribution in [0.2, 0.25) is 0 Å². The van der Waals surface area contributed by atoms with E-state index in [4.69, 9.17) is 9.47 Å². The Labute approximate surface area is 105 Å². The lowest BCUT2D eigenvalue weighted by Crippen LogP contribution is -2.25. The van der Waals surface area contributed by atoms with Gasteiger partial charge in [-0.15, -0.1) is 0 Å². The molecule has 1 aromatic rings. The van der Waals surface area contributed by atoms with Crippen molar-refractivity contribution in [2.75, 3.05) is 21.3 Å². The van der Waals surface area contributed by atoms with Crippen LogP contribution in [-0.4, -0.2) is 38.0 Å². The molecule has 5 heteroatoms. The Morgan fingerprint density at radius 3 is 2.11 bits per heavy atom. The lowest BCUT2D eigenvalue weighted by Gasteiger charge is -2.16. The average Bonchev–Trinajstić information content (AvgIpc) is 2.65. The zero-order valence-electron chi connectivity index (χ0n) is 10.6. The van der Waals surface area contributed by atoms with Gasteiger partial charge in [-0.25, -0.2) is 0 Å². The SMILES string of the molecule is COc1cccc(OC)c1C1CC(=O)N(C)C1=O. The van der Waals surface area contributed by atoms with Gasteiger partial charge in [-0.2, -0.15) is 0 Å². The minimum absolute atomic E-state index is 0.159. The van der Waals surface area contributed by atoms with Gasteiger partial charge in [-0.3, -0.25) is 14.5 Å². The number of likely N-dealkylation sites (N-methyl/N-ethyl adjacent to an activating group) is 1. The summed E-state index contributed by atoms with van der Waals surface area (Å²) in [5.74, 6) is 0.209. The predicted octanol–water partition coefficient (Wildman–Crippen LogP) is 1.18. The van der Waals surface area contributed by atoms with E-state index in [1.165, 1.54) is 21.3 Å². The van der Waals surface area contributed by atoms with Gasteiger partial charge in [0.2, 0.25) is 11.8 Å². The lowest BCUT2D eigenvalue weighted by molar-refractivity contribution is -0.137. The van der Waals surface area contributed by atoms with Crippen LogP contribution in [0, 0.1) is 0 Å². The molecule has 0 bridgehead atoms. The van der Waals surface area contributed by atoms with E-state index >= 15 is 0 Å². The van der Waals surface area contributed by atoms with Crippen molar-refractivity contribution in [1.82, 2.24) is 4.90 Å². The molecule has 1 atom stereocenters. The number of amides is 2. The number of ether oxygens (including phenoxy) is 2. The topological polar surface area (TPSA) is 55.8 Å². The van der Waals surface area contributed by atoms with E-state index in [2.05, 4.69) is 0 Å². The van der Waals surface area contributed by atoms with Gasteiger partial charge >= 0.3 is 0 Å². The van der Waals surface area contributed by atoms with E-state index in [1.54, 1.807) is 18.2 Å². The van der Waals surface area contributed by atoms with E-state index in [0.29, 0.717) is 17.1 Å². The summed E-state index contributed by atoms with van der Waals surface area (Å²) >= 11 is 0. The minimum Gasteiger partial charge on any atom is -0.496 e. The molecule has 2 amide bonds. The summed E-state index contributed by atoms with van der Waals surface area (Å²) in [6.45, 7) is 0. The highest BCUT2D eigenvalue weighted by Crippen LogP contribution is 2.40. The van der Waals surface area contributed by atoms with Gasteiger partial charge in [-0.1, -0.05) is 6.07 Å². The van der Waals surface area contributed by atoms with Gasteiger partial charge in [0.1, 0.15) is 11.5 Å². The fraction of sp³-hybridized carbons (Fsp3) is 0.385. The first-order valence-electron chi connectivity index (χ1n) is 5.61. The second-order valence-electron chi connectivity index (χ2n) is 4.12. The summed E-state index contributed by atoms with van der Waals surface area (Å²) in [6, 6.07) is 5.30. The van der Waals surface area contributed by atoms with Crippen LogP contribution in [0.4, 0.5) is 0 Å². The molecule has 0 aromatic heterocycles. The quantitative estimate of drug-likeness (QED) is 0.755. The molecule has 1 aromatic carbocycles. The van der Waals surface area contributed by atoms with Gasteiger partial charge in [0, 0.05) is 19.0 Å². The third kappa shape index (κ3) is 1.81. The van der Waals surface area contributed by atoms with E-state index in [1.807, 2.05) is 0 Å². The summed E-state index contributed by atoms with van der Waals surface area (Å²) in [6.07, 6.45) is 0.159. The number of nitrogens with zero attached hydrogens (tertiary/aromatic N) is 1. The fourth-order valence-electron chi connectivity index (χ4n) is 2.20. The van der Waals surface area contributed by atoms with Crippen LogP contribution >= 0.6 is 0 Å². The van der Waals surface area contributed by atoms with Gasteiger partial charge in [-0.05, 0) is 12.1 Å². The number of carbonyl (C=O) groups excluding carboxylic acids is 2. The molecule has 18 heavy (non-hydrogen) atoms. The molecule has 0 spiro atoms. The Morgan fingerprint density at radius 2 is 1.72 bits per heavy atom. The van der Waals surface area contributed by atoms with Crippen LogP contribution in [0.15, 0.2) is 18.2 Å². The number of hydrogen-bond donors (Lipinski definition) is 0. The molecule has 1 aliphatic heterocycles. The van der Waals surface area contributed by atoms with E-state index in [-0.39, 0.29) is 18.2 Å². The smallest absolute Gasteiger partial charge is 0.237 e. The van der Waals surface area contributed by atoms with Crippen molar-refractivity contribution in [2.45, 2.75) is 12.3 Å². The van der Waals surface area contributed by atoms with Crippen molar-refractivity contribution in [3.63, 3.8) is 0 Å². The zero-order chi connectivity index (χ0) is 13.3. The van der Waals surface area contributed by atoms with Crippen LogP contribution in [0.3, 0.4) is 0 Å². The highest BCUT2D eigenvalue weighted by atomic mass is 16.5. The van der Waals surface area contributed by atoms with Crippen molar-refractivity contribution >= 4 is 11.8 Å². The Morgan fingerprint density at radius 1 is 1.17 bits per heavy atom. The molecule has 1 fully saturated rings. The average molecular weight is 249 g/mol. The minimum atomic E-state index is -0.520. The number of carbonyl (C=O) groups is 2. The maximum absolute atomic E-state index is 12.0. The third-order valence-corrected chi connectivity index (χ3v) is 3.20. The summed E-state index contributed by atoms with van der Waals surface area (Å²) in [4.78, 5) is 24.8. The molecule has 0 aliphatic carbocycles. The Bertz CT molecular complexity index is 476. The number of rotatable bonds is 3. The predicted molar refractivity (Wildman–Crippen MR) is 64.7 cm³/mol. The normalized spacial score (nSPS) is 19.3. The first kappa shape index (κ1) is 12.4.